The van der Waals surface area contributed by atoms with E-state index in [1.165, 1.54) is 88.3 Å². The molecule has 328 valence electrons. The van der Waals surface area contributed by atoms with E-state index in [0.717, 1.165) is 57.7 Å². The Kier molecular flexibility index (Phi) is 13.2. The van der Waals surface area contributed by atoms with Gasteiger partial charge in [-0.3, -0.25) is 24.7 Å². The van der Waals surface area contributed by atoms with E-state index < -0.39 is 4.92 Å². The predicted octanol–water partition coefficient (Wildman–Crippen LogP) is 5.84. The molecule has 2 amide bonds. The largest absolute Gasteiger partial charge is 0.400 e. The van der Waals surface area contributed by atoms with Crippen molar-refractivity contribution in [2.75, 3.05) is 65.2 Å². The topological polar surface area (TPSA) is 162 Å². The van der Waals surface area contributed by atoms with Crippen LogP contribution < -0.4 is 5.73 Å². The lowest BCUT2D eigenvalue weighted by Gasteiger charge is -2.37. The fourth-order valence-electron chi connectivity index (χ4n) is 10.5. The van der Waals surface area contributed by atoms with E-state index in [4.69, 9.17) is 10.8 Å². The van der Waals surface area contributed by atoms with Gasteiger partial charge in [-0.2, -0.15) is 0 Å². The third-order valence-electron chi connectivity index (χ3n) is 14.0. The number of halogens is 2. The Labute approximate surface area is 361 Å². The molecule has 4 atom stereocenters. The number of nitrogens with two attached hydrogens (primary N) is 1. The van der Waals surface area contributed by atoms with Gasteiger partial charge in [0.2, 0.25) is 11.8 Å². The van der Waals surface area contributed by atoms with Crippen molar-refractivity contribution in [1.82, 2.24) is 29.6 Å². The maximum Gasteiger partial charge on any atom is 0.291 e. The molecule has 10 rings (SSSR count). The molecule has 0 bridgehead atoms. The van der Waals surface area contributed by atoms with Crippen LogP contribution in [0, 0.1) is 45.4 Å². The van der Waals surface area contributed by atoms with Crippen LogP contribution in [0.5, 0.6) is 0 Å². The second-order valence-electron chi connectivity index (χ2n) is 17.7. The van der Waals surface area contributed by atoms with Gasteiger partial charge in [0, 0.05) is 62.6 Å². The number of pyridine rings is 2. The van der Waals surface area contributed by atoms with Crippen LogP contribution in [0.4, 0.5) is 20.2 Å². The normalized spacial score (nSPS) is 25.1. The molecule has 13 nitrogen and oxygen atoms in total. The number of aliphatic hydroxyl groups is 1. The van der Waals surface area contributed by atoms with Crippen molar-refractivity contribution in [3.05, 3.63) is 106 Å². The minimum absolute atomic E-state index is 0.0969. The maximum atomic E-state index is 13.2. The van der Waals surface area contributed by atoms with Gasteiger partial charge in [-0.25, -0.2) is 13.8 Å². The minimum atomic E-state index is -0.500. The molecule has 62 heavy (non-hydrogen) atoms. The molecule has 2 saturated carbocycles. The van der Waals surface area contributed by atoms with Gasteiger partial charge in [0.05, 0.1) is 40.5 Å². The summed E-state index contributed by atoms with van der Waals surface area (Å²) in [5.74, 6) is 1.69. The van der Waals surface area contributed by atoms with Crippen LogP contribution in [0.1, 0.15) is 49.9 Å². The summed E-state index contributed by atoms with van der Waals surface area (Å²) in [4.78, 5) is 55.0. The number of benzene rings is 2. The Morgan fingerprint density at radius 1 is 0.645 bits per heavy atom. The predicted molar refractivity (Wildman–Crippen MR) is 231 cm³/mol. The first-order valence-corrected chi connectivity index (χ1v) is 21.9. The van der Waals surface area contributed by atoms with E-state index in [1.54, 1.807) is 30.3 Å². The van der Waals surface area contributed by atoms with Crippen molar-refractivity contribution >= 4 is 23.2 Å². The number of carbonyl (C=O) groups excluding carboxylic acids is 2. The van der Waals surface area contributed by atoms with Gasteiger partial charge in [0.25, 0.3) is 5.69 Å². The Balaban J connectivity index is 0.000000165. The number of nitrogen functional groups attached to an aromatic ring is 1. The summed E-state index contributed by atoms with van der Waals surface area (Å²) >= 11 is 0. The average Bonchev–Trinajstić information content (AvgIpc) is 4.00. The molecule has 2 aromatic heterocycles. The first-order chi connectivity index (χ1) is 30.0. The Hall–Kier alpha value is -5.38. The monoisotopic (exact) mass is 850 g/mol. The van der Waals surface area contributed by atoms with Crippen LogP contribution >= 0.6 is 0 Å². The number of fused-ring (bicyclic) bond motifs is 2. The van der Waals surface area contributed by atoms with Gasteiger partial charge in [-0.15, -0.1) is 0 Å². The molecule has 4 aromatic rings. The molecule has 15 heteroatoms. The highest BCUT2D eigenvalue weighted by molar-refractivity contribution is 5.81. The standard InChI is InChI=1S/C23H25FN4O3.C23H27FN4O.CH4O/c24-18-4-2-15(3-5-18)20-6-7-22(28(30)31)21(25-20)12-23(29)27-13-16-10-19(11-17(16)14-27)26-8-1-9-26;24-18-4-2-15(3-5-18)21-7-6-20(25)22(26-21)12-23(29)28-13-16-10-19(11-17(16)14-28)27-8-1-9-27;1-2/h2-7,16-17,19H,1,8-14H2;2-7,16-17,19H,1,8-14,25H2;2H,1H3. The number of nitro groups is 1. The van der Waals surface area contributed by atoms with Crippen LogP contribution in [-0.2, 0) is 22.4 Å². The van der Waals surface area contributed by atoms with Gasteiger partial charge >= 0.3 is 0 Å². The maximum absolute atomic E-state index is 13.2. The summed E-state index contributed by atoms with van der Waals surface area (Å²) < 4.78 is 26.4. The molecule has 0 radical (unpaired) electrons. The van der Waals surface area contributed by atoms with Crippen molar-refractivity contribution in [3.8, 4) is 22.5 Å². The Bertz CT molecular complexity index is 2210. The number of likely N-dealkylation sites (tertiary alicyclic amines) is 4. The highest BCUT2D eigenvalue weighted by atomic mass is 19.1. The quantitative estimate of drug-likeness (QED) is 0.155. The smallest absolute Gasteiger partial charge is 0.291 e. The molecular weight excluding hydrogens is 795 g/mol. The van der Waals surface area contributed by atoms with E-state index in [-0.39, 0.29) is 47.7 Å². The molecule has 2 aliphatic carbocycles. The zero-order valence-corrected chi connectivity index (χ0v) is 35.2. The summed E-state index contributed by atoms with van der Waals surface area (Å²) in [6.45, 7) is 8.11. The number of hydrogen-bond acceptors (Lipinski definition) is 10. The van der Waals surface area contributed by atoms with Gasteiger partial charge < -0.3 is 30.4 Å². The molecule has 6 fully saturated rings. The zero-order chi connectivity index (χ0) is 43.5. The van der Waals surface area contributed by atoms with E-state index in [2.05, 4.69) is 19.8 Å². The summed E-state index contributed by atoms with van der Waals surface area (Å²) in [5.41, 5.74) is 9.90. The van der Waals surface area contributed by atoms with Crippen LogP contribution in [0.3, 0.4) is 0 Å². The molecule has 4 aliphatic heterocycles. The Morgan fingerprint density at radius 3 is 1.42 bits per heavy atom. The molecule has 4 saturated heterocycles. The molecule has 6 aliphatic rings. The van der Waals surface area contributed by atoms with Crippen molar-refractivity contribution in [3.63, 3.8) is 0 Å². The number of carbonyl (C=O) groups is 2. The van der Waals surface area contributed by atoms with E-state index in [1.807, 2.05) is 15.9 Å². The SMILES string of the molecule is CO.Nc1ccc(-c2ccc(F)cc2)nc1CC(=O)N1CC2CC(N3CCC3)CC2C1.O=C(Cc1nc(-c2ccc(F)cc2)ccc1[N+](=O)[O-])N1CC2CC(N3CCC3)CC2C1. The van der Waals surface area contributed by atoms with Crippen molar-refractivity contribution in [2.24, 2.45) is 23.7 Å². The molecule has 2 aromatic carbocycles. The second-order valence-corrected chi connectivity index (χ2v) is 17.7. The molecule has 3 N–H and O–H groups in total. The molecular formula is C47H56F2N8O5. The highest BCUT2D eigenvalue weighted by Gasteiger charge is 2.46. The number of anilines is 1. The lowest BCUT2D eigenvalue weighted by molar-refractivity contribution is -0.385. The van der Waals surface area contributed by atoms with E-state index in [9.17, 15) is 28.5 Å². The second kappa shape index (κ2) is 18.9. The summed E-state index contributed by atoms with van der Waals surface area (Å²) in [6.07, 6.45) is 7.50. The third-order valence-corrected chi connectivity index (χ3v) is 14.0. The van der Waals surface area contributed by atoms with Crippen LogP contribution in [0.25, 0.3) is 22.5 Å². The fraction of sp³-hybridized carbons (Fsp3) is 0.489. The van der Waals surface area contributed by atoms with Gasteiger partial charge in [-0.05, 0) is 155 Å². The summed E-state index contributed by atoms with van der Waals surface area (Å²) in [6, 6.07) is 19.9. The highest BCUT2D eigenvalue weighted by Crippen LogP contribution is 2.43. The molecule has 4 unspecified atom stereocenters. The number of hydrogen-bond donors (Lipinski definition) is 2. The number of nitrogens with zero attached hydrogens (tertiary/aromatic N) is 7. The van der Waals surface area contributed by atoms with Gasteiger partial charge in [0.15, 0.2) is 0 Å². The first-order valence-electron chi connectivity index (χ1n) is 21.9. The Morgan fingerprint density at radius 2 is 1.03 bits per heavy atom. The van der Waals surface area contributed by atoms with Crippen LogP contribution in [0.2, 0.25) is 0 Å². The molecule has 6 heterocycles. The lowest BCUT2D eigenvalue weighted by Crippen LogP contribution is -2.44. The van der Waals surface area contributed by atoms with Crippen LogP contribution in [0.15, 0.2) is 72.8 Å². The summed E-state index contributed by atoms with van der Waals surface area (Å²) in [7, 11) is 1.00. The van der Waals surface area contributed by atoms with Gasteiger partial charge in [0.1, 0.15) is 17.3 Å². The number of aliphatic hydroxyl groups excluding tert-OH is 1. The lowest BCUT2D eigenvalue weighted by atomic mass is 10.0. The van der Waals surface area contributed by atoms with Gasteiger partial charge in [-0.1, -0.05) is 0 Å². The molecule has 0 spiro atoms. The van der Waals surface area contributed by atoms with E-state index >= 15 is 0 Å². The van der Waals surface area contributed by atoms with Crippen molar-refractivity contribution in [2.45, 2.75) is 63.5 Å². The van der Waals surface area contributed by atoms with Crippen molar-refractivity contribution < 1.29 is 28.4 Å². The first kappa shape index (κ1) is 43.3. The van der Waals surface area contributed by atoms with Crippen LogP contribution in [-0.4, -0.2) is 123 Å². The van der Waals surface area contributed by atoms with Crippen molar-refractivity contribution in [1.29, 1.82) is 0 Å². The minimum Gasteiger partial charge on any atom is -0.400 e. The third kappa shape index (κ3) is 9.49. The number of rotatable bonds is 9. The summed E-state index contributed by atoms with van der Waals surface area (Å²) in [5, 5.41) is 18.5. The van der Waals surface area contributed by atoms with E-state index in [0.29, 0.717) is 58.0 Å². The average molecular weight is 851 g/mol. The zero-order valence-electron chi connectivity index (χ0n) is 35.2. The fourth-order valence-corrected chi connectivity index (χ4v) is 10.5. The number of aromatic nitrogens is 2. The number of amides is 2.